The molecule has 264 valence electrons. The van der Waals surface area contributed by atoms with Crippen molar-refractivity contribution in [2.75, 3.05) is 37.2 Å². The predicted molar refractivity (Wildman–Crippen MR) is 184 cm³/mol. The van der Waals surface area contributed by atoms with E-state index in [1.165, 1.54) is 19.1 Å². The zero-order valence-corrected chi connectivity index (χ0v) is 29.1. The van der Waals surface area contributed by atoms with Crippen molar-refractivity contribution in [3.63, 3.8) is 0 Å². The summed E-state index contributed by atoms with van der Waals surface area (Å²) in [4.78, 5) is 41.4. The first-order valence-electron chi connectivity index (χ1n) is 15.9. The number of aliphatic hydroxyl groups is 1. The van der Waals surface area contributed by atoms with Gasteiger partial charge >= 0.3 is 12.2 Å². The molecule has 5 N–H and O–H groups in total. The van der Waals surface area contributed by atoms with Gasteiger partial charge in [0.25, 0.3) is 0 Å². The van der Waals surface area contributed by atoms with Gasteiger partial charge in [-0.3, -0.25) is 15.4 Å². The molecule has 2 aromatic rings. The number of anilines is 3. The number of epoxide rings is 1. The Labute approximate surface area is 290 Å². The maximum atomic E-state index is 14.0. The van der Waals surface area contributed by atoms with Crippen molar-refractivity contribution in [1.29, 1.82) is 0 Å². The fourth-order valence-corrected chi connectivity index (χ4v) is 6.81. The fraction of sp³-hybridized carbons (Fsp3) is 0.457. The Kier molecular flexibility index (Phi) is 10.5. The molecule has 2 aromatic carbocycles. The summed E-state index contributed by atoms with van der Waals surface area (Å²) >= 11 is 6.72. The number of ether oxygens (including phenoxy) is 5. The molecular weight excluding hydrogens is 656 g/mol. The van der Waals surface area contributed by atoms with Gasteiger partial charge in [-0.1, -0.05) is 48.4 Å². The van der Waals surface area contributed by atoms with E-state index in [1.807, 2.05) is 13.0 Å². The Bertz CT molecular complexity index is 1670. The number of nitrogen functional groups attached to an aromatic ring is 1. The highest BCUT2D eigenvalue weighted by Gasteiger charge is 2.64. The number of carbonyl (C=O) groups excluding carboxylic acids is 3. The number of alkyl carbamates (subject to hydrolysis) is 1. The third kappa shape index (κ3) is 7.80. The van der Waals surface area contributed by atoms with Gasteiger partial charge < -0.3 is 39.4 Å². The summed E-state index contributed by atoms with van der Waals surface area (Å²) in [6, 6.07) is 10.2. The Morgan fingerprint density at radius 2 is 1.98 bits per heavy atom. The number of nitrogens with one attached hydrogen (secondary N) is 2. The smallest absolute Gasteiger partial charge is 0.412 e. The summed E-state index contributed by atoms with van der Waals surface area (Å²) in [5, 5.41) is 17.1. The van der Waals surface area contributed by atoms with Crippen LogP contribution in [0.25, 0.3) is 0 Å². The van der Waals surface area contributed by atoms with Gasteiger partial charge in [-0.25, -0.2) is 9.59 Å². The fourth-order valence-electron chi connectivity index (χ4n) is 6.50. The number of benzene rings is 2. The number of nitrogens with two attached hydrogens (primary N) is 1. The second-order valence-electron chi connectivity index (χ2n) is 12.9. The minimum Gasteiger partial charge on any atom is -0.495 e. The molecular formula is C35H43ClN4O9. The standard InChI is InChI=1S/C35H43ClN4O9/c1-19-9-7-12-27(46-6)35(44)18-26(47-33(43)39-35)20(2)31-34(3,49-31)28(48-32(42)38-23-11-8-10-22(37)16-23)17-29(41)40(4)24-14-21(13-19)15-25(45-5)30(24)36/h7-12,14-16,20,26-28,31,44H,13,17-18,37H2,1-6H3,(H,38,42)(H,39,43)/b12-7+,19-9+/t20-,26+,27-,28+,31+,34+,35+/m1/s1. The van der Waals surface area contributed by atoms with Crippen molar-refractivity contribution in [3.05, 3.63) is 70.8 Å². The summed E-state index contributed by atoms with van der Waals surface area (Å²) in [5.41, 5.74) is 5.90. The summed E-state index contributed by atoms with van der Waals surface area (Å²) < 4.78 is 28.9. The van der Waals surface area contributed by atoms with Gasteiger partial charge in [-0.2, -0.15) is 0 Å². The van der Waals surface area contributed by atoms with Crippen LogP contribution in [-0.2, 0) is 30.2 Å². The third-order valence-corrected chi connectivity index (χ3v) is 9.71. The number of carbonyl (C=O) groups is 3. The van der Waals surface area contributed by atoms with E-state index in [0.29, 0.717) is 29.2 Å². The Morgan fingerprint density at radius 3 is 2.67 bits per heavy atom. The van der Waals surface area contributed by atoms with Crippen LogP contribution in [0.2, 0.25) is 5.02 Å². The molecule has 2 saturated heterocycles. The van der Waals surface area contributed by atoms with Crippen LogP contribution >= 0.6 is 11.6 Å². The molecule has 3 aliphatic rings. The molecule has 3 aliphatic heterocycles. The van der Waals surface area contributed by atoms with Crippen LogP contribution in [0, 0.1) is 5.92 Å². The van der Waals surface area contributed by atoms with Crippen molar-refractivity contribution in [3.8, 4) is 5.75 Å². The molecule has 0 saturated carbocycles. The van der Waals surface area contributed by atoms with E-state index in [1.54, 1.807) is 69.4 Å². The third-order valence-electron chi connectivity index (χ3n) is 9.33. The van der Waals surface area contributed by atoms with Crippen LogP contribution in [0.3, 0.4) is 0 Å². The lowest BCUT2D eigenvalue weighted by molar-refractivity contribution is -0.142. The lowest BCUT2D eigenvalue weighted by Gasteiger charge is -2.42. The minimum atomic E-state index is -1.81. The second kappa shape index (κ2) is 14.3. The normalized spacial score (nSPS) is 32.0. The number of fused-ring (bicyclic) bond motifs is 5. The van der Waals surface area contributed by atoms with Gasteiger partial charge in [-0.05, 0) is 56.2 Å². The Morgan fingerprint density at radius 1 is 1.22 bits per heavy atom. The lowest BCUT2D eigenvalue weighted by atomic mass is 9.83. The van der Waals surface area contributed by atoms with Gasteiger partial charge in [0.15, 0.2) is 5.72 Å². The molecule has 0 spiro atoms. The van der Waals surface area contributed by atoms with Crippen molar-refractivity contribution in [1.82, 2.24) is 5.32 Å². The van der Waals surface area contributed by atoms with Gasteiger partial charge in [0.1, 0.15) is 34.7 Å². The molecule has 0 aliphatic carbocycles. The number of amides is 3. The number of hydrogen-bond acceptors (Lipinski definition) is 10. The summed E-state index contributed by atoms with van der Waals surface area (Å²) in [6.45, 7) is 5.46. The van der Waals surface area contributed by atoms with Gasteiger partial charge in [0.2, 0.25) is 5.91 Å². The molecule has 13 nitrogen and oxygen atoms in total. The van der Waals surface area contributed by atoms with Crippen LogP contribution in [0.4, 0.5) is 26.7 Å². The van der Waals surface area contributed by atoms with E-state index in [4.69, 9.17) is 41.0 Å². The van der Waals surface area contributed by atoms with E-state index >= 15 is 0 Å². The molecule has 2 fully saturated rings. The van der Waals surface area contributed by atoms with E-state index in [2.05, 4.69) is 10.6 Å². The molecule has 3 amide bonds. The molecule has 4 bridgehead atoms. The first-order valence-corrected chi connectivity index (χ1v) is 16.3. The van der Waals surface area contributed by atoms with Gasteiger partial charge in [0, 0.05) is 37.9 Å². The zero-order chi connectivity index (χ0) is 35.7. The van der Waals surface area contributed by atoms with Crippen molar-refractivity contribution < 1.29 is 43.2 Å². The van der Waals surface area contributed by atoms with E-state index < -0.39 is 59.8 Å². The number of nitrogens with zero attached hydrogens (tertiary/aromatic N) is 1. The topological polar surface area (TPSA) is 174 Å². The predicted octanol–water partition coefficient (Wildman–Crippen LogP) is 4.96. The maximum Gasteiger partial charge on any atom is 0.412 e. The monoisotopic (exact) mass is 698 g/mol. The van der Waals surface area contributed by atoms with E-state index in [9.17, 15) is 19.5 Å². The maximum absolute atomic E-state index is 14.0. The van der Waals surface area contributed by atoms with Crippen molar-refractivity contribution >= 4 is 46.8 Å². The van der Waals surface area contributed by atoms with Crippen LogP contribution in [0.5, 0.6) is 5.75 Å². The average molecular weight is 699 g/mol. The van der Waals surface area contributed by atoms with Crippen LogP contribution in [0.1, 0.15) is 39.2 Å². The molecule has 0 radical (unpaired) electrons. The lowest BCUT2D eigenvalue weighted by Crippen LogP contribution is -2.63. The largest absolute Gasteiger partial charge is 0.495 e. The second-order valence-corrected chi connectivity index (χ2v) is 13.3. The van der Waals surface area contributed by atoms with Crippen molar-refractivity contribution in [2.45, 2.75) is 75.8 Å². The van der Waals surface area contributed by atoms with Crippen LogP contribution in [0.15, 0.2) is 60.2 Å². The average Bonchev–Trinajstić information content (AvgIpc) is 3.74. The number of rotatable bonds is 4. The quantitative estimate of drug-likeness (QED) is 0.253. The molecule has 49 heavy (non-hydrogen) atoms. The van der Waals surface area contributed by atoms with Crippen LogP contribution in [-0.4, -0.2) is 80.2 Å². The molecule has 7 atom stereocenters. The minimum absolute atomic E-state index is 0.0331. The molecule has 3 heterocycles. The summed E-state index contributed by atoms with van der Waals surface area (Å²) in [7, 11) is 4.51. The molecule has 0 aromatic heterocycles. The summed E-state index contributed by atoms with van der Waals surface area (Å²) in [6.07, 6.45) is 0.308. The zero-order valence-electron chi connectivity index (χ0n) is 28.3. The SMILES string of the molecule is COc1cc2cc(c1Cl)N(C)C(=O)C[C@H](OC(=O)Nc1cccc(N)c1)[C@]1(C)O[C@H]1[C@H](C)[C@@H]1C[C@@](O)(NC(=O)O1)[C@H](OC)/C=C/C=C(\C)C2. The first kappa shape index (κ1) is 36.0. The van der Waals surface area contributed by atoms with E-state index in [0.717, 1.165) is 11.1 Å². The highest BCUT2D eigenvalue weighted by atomic mass is 35.5. The number of halogens is 1. The Hall–Kier alpha value is -4.30. The highest BCUT2D eigenvalue weighted by Crippen LogP contribution is 2.49. The highest BCUT2D eigenvalue weighted by molar-refractivity contribution is 6.35. The molecule has 5 rings (SSSR count). The summed E-state index contributed by atoms with van der Waals surface area (Å²) in [5.74, 6) is -0.530. The first-order chi connectivity index (χ1) is 23.2. The van der Waals surface area contributed by atoms with E-state index in [-0.39, 0.29) is 17.9 Å². The Balaban J connectivity index is 1.54. The molecule has 0 unspecified atom stereocenters. The van der Waals surface area contributed by atoms with Gasteiger partial charge in [-0.15, -0.1) is 0 Å². The van der Waals surface area contributed by atoms with Crippen molar-refractivity contribution in [2.24, 2.45) is 5.92 Å². The van der Waals surface area contributed by atoms with Gasteiger partial charge in [0.05, 0.1) is 25.3 Å². The number of hydrogen-bond donors (Lipinski definition) is 4. The van der Waals surface area contributed by atoms with Crippen LogP contribution < -0.4 is 26.0 Å². The number of allylic oxidation sites excluding steroid dienone is 3. The number of methoxy groups -OCH3 is 2. The molecule has 14 heteroatoms.